The predicted octanol–water partition coefficient (Wildman–Crippen LogP) is 3.34. The summed E-state index contributed by atoms with van der Waals surface area (Å²) in [5, 5.41) is 0. The fourth-order valence-electron chi connectivity index (χ4n) is 4.22. The summed E-state index contributed by atoms with van der Waals surface area (Å²) >= 11 is 0. The number of para-hydroxylation sites is 1. The number of rotatable bonds is 5. The molecule has 2 aliphatic rings. The number of aryl methyl sites for hydroxylation is 1. The lowest BCUT2D eigenvalue weighted by Gasteiger charge is -2.37. The molecule has 5 heteroatoms. The van der Waals surface area contributed by atoms with E-state index in [-0.39, 0.29) is 11.9 Å². The van der Waals surface area contributed by atoms with Gasteiger partial charge in [0.05, 0.1) is 5.69 Å². The van der Waals surface area contributed by atoms with Gasteiger partial charge in [0.2, 0.25) is 5.96 Å². The Morgan fingerprint density at radius 1 is 0.966 bits per heavy atom. The molecule has 0 aromatic heterocycles. The van der Waals surface area contributed by atoms with E-state index in [9.17, 15) is 4.79 Å². The zero-order valence-corrected chi connectivity index (χ0v) is 17.4. The lowest BCUT2D eigenvalue weighted by Crippen LogP contribution is -2.53. The van der Waals surface area contributed by atoms with Gasteiger partial charge in [-0.2, -0.15) is 0 Å². The van der Waals surface area contributed by atoms with E-state index in [4.69, 9.17) is 4.99 Å². The van der Waals surface area contributed by atoms with E-state index in [1.807, 2.05) is 41.3 Å². The van der Waals surface area contributed by atoms with Crippen molar-refractivity contribution in [2.75, 3.05) is 37.6 Å². The Morgan fingerprint density at radius 2 is 1.66 bits per heavy atom. The molecule has 0 aliphatic carbocycles. The number of aliphatic imine (C=N–C) groups is 1. The van der Waals surface area contributed by atoms with E-state index < -0.39 is 0 Å². The van der Waals surface area contributed by atoms with Crippen LogP contribution in [0.5, 0.6) is 0 Å². The number of amides is 1. The van der Waals surface area contributed by atoms with Gasteiger partial charge in [-0.25, -0.2) is 9.89 Å². The summed E-state index contributed by atoms with van der Waals surface area (Å²) in [5.74, 6) is 0.899. The molecule has 1 unspecified atom stereocenters. The number of anilines is 1. The van der Waals surface area contributed by atoms with Crippen molar-refractivity contribution in [3.8, 4) is 0 Å². The van der Waals surface area contributed by atoms with Crippen LogP contribution < -0.4 is 4.90 Å². The highest BCUT2D eigenvalue weighted by Crippen LogP contribution is 2.28. The lowest BCUT2D eigenvalue weighted by atomic mass is 10.1. The average molecular weight is 391 g/mol. The largest absolute Gasteiger partial charge is 0.340 e. The van der Waals surface area contributed by atoms with E-state index in [0.29, 0.717) is 6.42 Å². The van der Waals surface area contributed by atoms with Gasteiger partial charge < -0.3 is 4.90 Å². The standard InChI is InChI=1S/C24H30N4O/c1-3-13-26-14-16-27(17-15-26)24-25-21(18-20-10-5-4-6-11-20)23(29)28(24)22-12-8-7-9-19(22)2/h4-12,21H,3,13-18H2,1-2H3. The van der Waals surface area contributed by atoms with Gasteiger partial charge in [-0.3, -0.25) is 9.69 Å². The molecule has 152 valence electrons. The Morgan fingerprint density at radius 3 is 2.34 bits per heavy atom. The van der Waals surface area contributed by atoms with Crippen molar-refractivity contribution >= 4 is 17.6 Å². The van der Waals surface area contributed by atoms with Gasteiger partial charge in [0.15, 0.2) is 0 Å². The van der Waals surface area contributed by atoms with E-state index >= 15 is 0 Å². The first-order chi connectivity index (χ1) is 14.2. The Labute approximate surface area is 173 Å². The van der Waals surface area contributed by atoms with Gasteiger partial charge in [0.25, 0.3) is 5.91 Å². The van der Waals surface area contributed by atoms with Gasteiger partial charge in [0.1, 0.15) is 6.04 Å². The summed E-state index contributed by atoms with van der Waals surface area (Å²) in [4.78, 5) is 25.1. The summed E-state index contributed by atoms with van der Waals surface area (Å²) in [6.45, 7) is 9.28. The van der Waals surface area contributed by atoms with Crippen LogP contribution in [0.1, 0.15) is 24.5 Å². The first-order valence-corrected chi connectivity index (χ1v) is 10.7. The smallest absolute Gasteiger partial charge is 0.259 e. The van der Waals surface area contributed by atoms with Crippen LogP contribution in [-0.4, -0.2) is 60.4 Å². The highest BCUT2D eigenvalue weighted by atomic mass is 16.2. The molecule has 2 aromatic rings. The normalized spacial score (nSPS) is 20.3. The molecule has 0 spiro atoms. The van der Waals surface area contributed by atoms with Crippen LogP contribution >= 0.6 is 0 Å². The van der Waals surface area contributed by atoms with Crippen LogP contribution in [0.4, 0.5) is 5.69 Å². The van der Waals surface area contributed by atoms with E-state index in [1.54, 1.807) is 0 Å². The van der Waals surface area contributed by atoms with E-state index in [0.717, 1.165) is 55.5 Å². The number of hydrogen-bond donors (Lipinski definition) is 0. The SMILES string of the molecule is CCCN1CCN(C2=NC(Cc3ccccc3)C(=O)N2c2ccccc2C)CC1. The van der Waals surface area contributed by atoms with Crippen LogP contribution in [0.15, 0.2) is 59.6 Å². The highest BCUT2D eigenvalue weighted by molar-refractivity contribution is 6.22. The zero-order chi connectivity index (χ0) is 20.2. The molecule has 1 atom stereocenters. The second kappa shape index (κ2) is 8.78. The van der Waals surface area contributed by atoms with Crippen LogP contribution in [0, 0.1) is 6.92 Å². The maximum atomic E-state index is 13.5. The van der Waals surface area contributed by atoms with Gasteiger partial charge in [-0.15, -0.1) is 0 Å². The summed E-state index contributed by atoms with van der Waals surface area (Å²) < 4.78 is 0. The molecule has 1 fully saturated rings. The van der Waals surface area contributed by atoms with Crippen molar-refractivity contribution in [2.24, 2.45) is 4.99 Å². The molecule has 1 amide bonds. The van der Waals surface area contributed by atoms with Gasteiger partial charge in [-0.1, -0.05) is 55.5 Å². The summed E-state index contributed by atoms with van der Waals surface area (Å²) in [5.41, 5.74) is 3.19. The monoisotopic (exact) mass is 390 g/mol. The van der Waals surface area contributed by atoms with Crippen molar-refractivity contribution in [1.29, 1.82) is 0 Å². The minimum atomic E-state index is -0.360. The number of carbonyl (C=O) groups is 1. The molecule has 0 bridgehead atoms. The Hall–Kier alpha value is -2.66. The lowest BCUT2D eigenvalue weighted by molar-refractivity contribution is -0.118. The molecule has 0 radical (unpaired) electrons. The third-order valence-corrected chi connectivity index (χ3v) is 5.80. The molecular weight excluding hydrogens is 360 g/mol. The molecule has 2 heterocycles. The molecule has 5 nitrogen and oxygen atoms in total. The second-order valence-electron chi connectivity index (χ2n) is 7.92. The number of hydrogen-bond acceptors (Lipinski definition) is 4. The fourth-order valence-corrected chi connectivity index (χ4v) is 4.22. The number of nitrogens with zero attached hydrogens (tertiary/aromatic N) is 4. The van der Waals surface area contributed by atoms with E-state index in [1.165, 1.54) is 6.42 Å². The van der Waals surface area contributed by atoms with Crippen molar-refractivity contribution in [3.05, 3.63) is 65.7 Å². The first-order valence-electron chi connectivity index (χ1n) is 10.7. The number of piperazine rings is 1. The van der Waals surface area contributed by atoms with Gasteiger partial charge in [-0.05, 0) is 37.1 Å². The van der Waals surface area contributed by atoms with Gasteiger partial charge in [0, 0.05) is 32.6 Å². The summed E-state index contributed by atoms with van der Waals surface area (Å²) in [6, 6.07) is 17.9. The Balaban J connectivity index is 1.61. The maximum absolute atomic E-state index is 13.5. The van der Waals surface area contributed by atoms with Crippen molar-refractivity contribution in [3.63, 3.8) is 0 Å². The highest BCUT2D eigenvalue weighted by Gasteiger charge is 2.39. The Kier molecular flexibility index (Phi) is 5.95. The molecule has 29 heavy (non-hydrogen) atoms. The molecule has 0 saturated carbocycles. The fraction of sp³-hybridized carbons (Fsp3) is 0.417. The maximum Gasteiger partial charge on any atom is 0.259 e. The third-order valence-electron chi connectivity index (χ3n) is 5.80. The van der Waals surface area contributed by atoms with Crippen molar-refractivity contribution < 1.29 is 4.79 Å². The molecule has 4 rings (SSSR count). The molecule has 2 aliphatic heterocycles. The number of benzene rings is 2. The Bertz CT molecular complexity index is 871. The topological polar surface area (TPSA) is 39.1 Å². The molecule has 2 aromatic carbocycles. The van der Waals surface area contributed by atoms with E-state index in [2.05, 4.69) is 41.8 Å². The zero-order valence-electron chi connectivity index (χ0n) is 17.4. The number of guanidine groups is 1. The quantitative estimate of drug-likeness (QED) is 0.786. The second-order valence-corrected chi connectivity index (χ2v) is 7.92. The van der Waals surface area contributed by atoms with Crippen LogP contribution in [0.3, 0.4) is 0 Å². The number of carbonyl (C=O) groups excluding carboxylic acids is 1. The van der Waals surface area contributed by atoms with Crippen molar-refractivity contribution in [2.45, 2.75) is 32.7 Å². The summed E-state index contributed by atoms with van der Waals surface area (Å²) in [6.07, 6.45) is 1.81. The molecule has 1 saturated heterocycles. The van der Waals surface area contributed by atoms with Gasteiger partial charge >= 0.3 is 0 Å². The van der Waals surface area contributed by atoms with Crippen LogP contribution in [0.2, 0.25) is 0 Å². The van der Waals surface area contributed by atoms with Crippen molar-refractivity contribution in [1.82, 2.24) is 9.80 Å². The van der Waals surface area contributed by atoms with Crippen LogP contribution in [-0.2, 0) is 11.2 Å². The minimum Gasteiger partial charge on any atom is -0.340 e. The molecule has 0 N–H and O–H groups in total. The average Bonchev–Trinajstić information content (AvgIpc) is 3.06. The van der Waals surface area contributed by atoms with Crippen LogP contribution in [0.25, 0.3) is 0 Å². The predicted molar refractivity (Wildman–Crippen MR) is 118 cm³/mol. The third kappa shape index (κ3) is 4.20. The first kappa shape index (κ1) is 19.6. The molecular formula is C24H30N4O. The minimum absolute atomic E-state index is 0.0779. The summed E-state index contributed by atoms with van der Waals surface area (Å²) in [7, 11) is 0.